The normalized spacial score (nSPS) is 22.2. The number of methoxy groups -OCH3 is 2. The molecule has 30 heavy (non-hydrogen) atoms. The second-order valence-electron chi connectivity index (χ2n) is 8.58. The molecule has 160 valence electrons. The van der Waals surface area contributed by atoms with E-state index in [1.165, 1.54) is 12.7 Å². The van der Waals surface area contributed by atoms with Crippen molar-refractivity contribution in [1.82, 2.24) is 4.90 Å². The van der Waals surface area contributed by atoms with Gasteiger partial charge in [-0.15, -0.1) is 0 Å². The lowest BCUT2D eigenvalue weighted by Gasteiger charge is -2.33. The predicted molar refractivity (Wildman–Crippen MR) is 115 cm³/mol. The molecular formula is C25H30FNO3. The van der Waals surface area contributed by atoms with Gasteiger partial charge in [-0.1, -0.05) is 30.3 Å². The van der Waals surface area contributed by atoms with Gasteiger partial charge in [-0.2, -0.15) is 0 Å². The Balaban J connectivity index is 1.32. The number of halogens is 1. The molecule has 2 aliphatic rings. The number of benzene rings is 2. The number of Topliss-reactive ketones (excluding diaryl/α,β-unsaturated/α-hetero) is 1. The van der Waals surface area contributed by atoms with Crippen LogP contribution in [0.25, 0.3) is 0 Å². The van der Waals surface area contributed by atoms with E-state index in [1.54, 1.807) is 19.2 Å². The first kappa shape index (κ1) is 20.9. The van der Waals surface area contributed by atoms with Gasteiger partial charge in [-0.05, 0) is 68.0 Å². The Morgan fingerprint density at radius 3 is 2.40 bits per heavy atom. The maximum atomic E-state index is 15.6. The number of fused-ring (bicyclic) bond motifs is 1. The number of hydrogen-bond donors (Lipinski definition) is 0. The highest BCUT2D eigenvalue weighted by Gasteiger charge is 2.46. The molecule has 0 N–H and O–H groups in total. The van der Waals surface area contributed by atoms with E-state index in [1.807, 2.05) is 6.07 Å². The van der Waals surface area contributed by atoms with Crippen molar-refractivity contribution in [2.75, 3.05) is 27.3 Å². The van der Waals surface area contributed by atoms with E-state index in [9.17, 15) is 4.79 Å². The van der Waals surface area contributed by atoms with Crippen LogP contribution in [-0.4, -0.2) is 43.7 Å². The van der Waals surface area contributed by atoms with Crippen LogP contribution in [0.5, 0.6) is 11.5 Å². The minimum atomic E-state index is -1.80. The summed E-state index contributed by atoms with van der Waals surface area (Å²) >= 11 is 0. The van der Waals surface area contributed by atoms with E-state index in [2.05, 4.69) is 29.2 Å². The third kappa shape index (κ3) is 4.22. The highest BCUT2D eigenvalue weighted by atomic mass is 19.1. The minimum absolute atomic E-state index is 0.133. The Bertz CT molecular complexity index is 893. The number of carbonyl (C=O) groups excluding carboxylic acids is 1. The molecule has 4 rings (SSSR count). The Morgan fingerprint density at radius 1 is 1.07 bits per heavy atom. The minimum Gasteiger partial charge on any atom is -0.493 e. The van der Waals surface area contributed by atoms with Crippen molar-refractivity contribution in [1.29, 1.82) is 0 Å². The molecular weight excluding hydrogens is 381 g/mol. The summed E-state index contributed by atoms with van der Waals surface area (Å²) < 4.78 is 26.2. The summed E-state index contributed by atoms with van der Waals surface area (Å²) in [5.74, 6) is 1.09. The van der Waals surface area contributed by atoms with Gasteiger partial charge >= 0.3 is 0 Å². The third-order valence-corrected chi connectivity index (χ3v) is 6.64. The van der Waals surface area contributed by atoms with E-state index in [-0.39, 0.29) is 12.8 Å². The van der Waals surface area contributed by atoms with Gasteiger partial charge in [0, 0.05) is 18.5 Å². The standard InChI is InChI=1S/C25H30FNO3/c1-29-22-14-20-16-25(26,24(28)21(20)15-23(22)30-2)11-8-18-9-12-27(13-10-18)17-19-6-4-3-5-7-19/h3-7,14-15,18H,8-13,16-17H2,1-2H3. The molecule has 0 radical (unpaired) electrons. The van der Waals surface area contributed by atoms with Gasteiger partial charge in [0.15, 0.2) is 17.2 Å². The van der Waals surface area contributed by atoms with Crippen LogP contribution in [0.15, 0.2) is 42.5 Å². The fourth-order valence-electron chi connectivity index (χ4n) is 4.81. The first-order valence-corrected chi connectivity index (χ1v) is 10.8. The molecule has 0 saturated carbocycles. The summed E-state index contributed by atoms with van der Waals surface area (Å²) in [6.07, 6.45) is 3.30. The van der Waals surface area contributed by atoms with Crippen LogP contribution < -0.4 is 9.47 Å². The third-order valence-electron chi connectivity index (χ3n) is 6.64. The molecule has 1 fully saturated rings. The summed E-state index contributed by atoms with van der Waals surface area (Å²) in [4.78, 5) is 15.3. The average Bonchev–Trinajstić information content (AvgIpc) is 3.02. The largest absolute Gasteiger partial charge is 0.493 e. The fourth-order valence-corrected chi connectivity index (χ4v) is 4.81. The van der Waals surface area contributed by atoms with E-state index in [0.29, 0.717) is 23.0 Å². The summed E-state index contributed by atoms with van der Waals surface area (Å²) in [6.45, 7) is 3.03. The van der Waals surface area contributed by atoms with Crippen molar-refractivity contribution in [3.05, 3.63) is 59.2 Å². The zero-order valence-electron chi connectivity index (χ0n) is 17.8. The molecule has 1 atom stereocenters. The van der Waals surface area contributed by atoms with Gasteiger partial charge in [-0.25, -0.2) is 4.39 Å². The van der Waals surface area contributed by atoms with Gasteiger partial charge in [0.2, 0.25) is 5.78 Å². The highest BCUT2D eigenvalue weighted by Crippen LogP contribution is 2.42. The average molecular weight is 412 g/mol. The van der Waals surface area contributed by atoms with Gasteiger partial charge in [0.05, 0.1) is 14.2 Å². The molecule has 1 aliphatic carbocycles. The molecule has 1 saturated heterocycles. The number of hydrogen-bond acceptors (Lipinski definition) is 4. The van der Waals surface area contributed by atoms with Crippen LogP contribution in [0.1, 0.15) is 47.2 Å². The van der Waals surface area contributed by atoms with Crippen LogP contribution in [0.4, 0.5) is 4.39 Å². The van der Waals surface area contributed by atoms with Crippen LogP contribution >= 0.6 is 0 Å². The number of ether oxygens (including phenoxy) is 2. The number of rotatable bonds is 7. The Morgan fingerprint density at radius 2 is 1.73 bits per heavy atom. The van der Waals surface area contributed by atoms with Gasteiger partial charge in [-0.3, -0.25) is 9.69 Å². The zero-order valence-corrected chi connectivity index (χ0v) is 17.8. The first-order valence-electron chi connectivity index (χ1n) is 10.8. The molecule has 0 aromatic heterocycles. The highest BCUT2D eigenvalue weighted by molar-refractivity contribution is 6.07. The smallest absolute Gasteiger partial charge is 0.200 e. The summed E-state index contributed by atoms with van der Waals surface area (Å²) in [7, 11) is 3.07. The van der Waals surface area contributed by atoms with Crippen LogP contribution in [-0.2, 0) is 13.0 Å². The van der Waals surface area contributed by atoms with Crippen molar-refractivity contribution in [3.63, 3.8) is 0 Å². The number of nitrogens with zero attached hydrogens (tertiary/aromatic N) is 1. The Kier molecular flexibility index (Phi) is 6.09. The lowest BCUT2D eigenvalue weighted by molar-refractivity contribution is 0.0663. The topological polar surface area (TPSA) is 38.8 Å². The summed E-state index contributed by atoms with van der Waals surface area (Å²) in [6, 6.07) is 13.9. The van der Waals surface area contributed by atoms with E-state index >= 15 is 4.39 Å². The Hall–Kier alpha value is -2.40. The maximum Gasteiger partial charge on any atom is 0.200 e. The van der Waals surface area contributed by atoms with E-state index < -0.39 is 11.5 Å². The van der Waals surface area contributed by atoms with Crippen molar-refractivity contribution in [2.24, 2.45) is 5.92 Å². The number of alkyl halides is 1. The molecule has 4 nitrogen and oxygen atoms in total. The molecule has 0 spiro atoms. The van der Waals surface area contributed by atoms with E-state index in [4.69, 9.17) is 9.47 Å². The lowest BCUT2D eigenvalue weighted by atomic mass is 9.86. The maximum absolute atomic E-state index is 15.6. The molecule has 0 amide bonds. The zero-order chi connectivity index (χ0) is 21.1. The summed E-state index contributed by atoms with van der Waals surface area (Å²) in [5, 5.41) is 0. The van der Waals surface area contributed by atoms with Gasteiger partial charge < -0.3 is 9.47 Å². The molecule has 1 heterocycles. The first-order chi connectivity index (χ1) is 14.5. The number of likely N-dealkylation sites (tertiary alicyclic amines) is 1. The molecule has 1 unspecified atom stereocenters. The van der Waals surface area contributed by atoms with Crippen LogP contribution in [0.3, 0.4) is 0 Å². The molecule has 2 aromatic rings. The van der Waals surface area contributed by atoms with Crippen molar-refractivity contribution in [3.8, 4) is 11.5 Å². The van der Waals surface area contributed by atoms with Crippen molar-refractivity contribution in [2.45, 2.75) is 44.3 Å². The quantitative estimate of drug-likeness (QED) is 0.653. The fraction of sp³-hybridized carbons (Fsp3) is 0.480. The second kappa shape index (κ2) is 8.76. The second-order valence-corrected chi connectivity index (χ2v) is 8.58. The predicted octanol–water partition coefficient (Wildman–Crippen LogP) is 4.84. The number of ketones is 1. The van der Waals surface area contributed by atoms with Crippen LogP contribution in [0.2, 0.25) is 0 Å². The monoisotopic (exact) mass is 411 g/mol. The number of piperidine rings is 1. The Labute approximate surface area is 178 Å². The summed E-state index contributed by atoms with van der Waals surface area (Å²) in [5.41, 5.74) is 0.686. The van der Waals surface area contributed by atoms with Gasteiger partial charge in [0.25, 0.3) is 0 Å². The van der Waals surface area contributed by atoms with Crippen molar-refractivity contribution >= 4 is 5.78 Å². The molecule has 1 aliphatic heterocycles. The molecule has 5 heteroatoms. The molecule has 2 aromatic carbocycles. The number of carbonyl (C=O) groups is 1. The van der Waals surface area contributed by atoms with Crippen LogP contribution in [0, 0.1) is 5.92 Å². The van der Waals surface area contributed by atoms with Crippen molar-refractivity contribution < 1.29 is 18.7 Å². The molecule has 0 bridgehead atoms. The van der Waals surface area contributed by atoms with Gasteiger partial charge in [0.1, 0.15) is 0 Å². The SMILES string of the molecule is COc1cc2c(cc1OC)C(=O)C(F)(CCC1CCN(Cc3ccccc3)CC1)C2. The van der Waals surface area contributed by atoms with E-state index in [0.717, 1.165) is 44.5 Å². The lowest BCUT2D eigenvalue weighted by Crippen LogP contribution is -2.35.